The number of likely N-dealkylation sites (N-methyl/N-ethyl adjacent to an activating group) is 1. The summed E-state index contributed by atoms with van der Waals surface area (Å²) in [7, 11) is 1.82. The summed E-state index contributed by atoms with van der Waals surface area (Å²) in [4.78, 5) is 13.7. The lowest BCUT2D eigenvalue weighted by Gasteiger charge is -2.25. The maximum absolute atomic E-state index is 11.9. The summed E-state index contributed by atoms with van der Waals surface area (Å²) in [6.07, 6.45) is 0.835. The molecule has 0 saturated carbocycles. The number of carbonyl (C=O) groups excluding carboxylic acids is 1. The zero-order chi connectivity index (χ0) is 15.5. The number of hydrogen-bond donors (Lipinski definition) is 2. The Bertz CT molecular complexity index is 472. The van der Waals surface area contributed by atoms with Gasteiger partial charge in [0.15, 0.2) is 0 Å². The van der Waals surface area contributed by atoms with Gasteiger partial charge in [0.05, 0.1) is 18.7 Å². The fourth-order valence-electron chi connectivity index (χ4n) is 2.61. The van der Waals surface area contributed by atoms with Crippen LogP contribution in [0.2, 0.25) is 0 Å². The number of fused-ring (bicyclic) bond motifs is 1. The van der Waals surface area contributed by atoms with Crippen molar-refractivity contribution >= 4 is 5.91 Å². The number of ether oxygens (including phenoxy) is 1. The Morgan fingerprint density at radius 2 is 2.19 bits per heavy atom. The normalized spacial score (nSPS) is 17.5. The second-order valence-corrected chi connectivity index (χ2v) is 6.34. The van der Waals surface area contributed by atoms with Crippen molar-refractivity contribution in [2.24, 2.45) is 0 Å². The van der Waals surface area contributed by atoms with Crippen molar-refractivity contribution in [3.63, 3.8) is 0 Å². The van der Waals surface area contributed by atoms with Crippen LogP contribution in [0.1, 0.15) is 19.4 Å². The molecule has 21 heavy (non-hydrogen) atoms. The fourth-order valence-corrected chi connectivity index (χ4v) is 2.61. The van der Waals surface area contributed by atoms with Crippen LogP contribution in [0.15, 0.2) is 24.3 Å². The van der Waals surface area contributed by atoms with E-state index in [2.05, 4.69) is 5.32 Å². The highest BCUT2D eigenvalue weighted by molar-refractivity contribution is 5.78. The Morgan fingerprint density at radius 3 is 2.86 bits per heavy atom. The predicted molar refractivity (Wildman–Crippen MR) is 81.4 cm³/mol. The third kappa shape index (κ3) is 5.02. The third-order valence-corrected chi connectivity index (χ3v) is 3.31. The van der Waals surface area contributed by atoms with Gasteiger partial charge >= 0.3 is 0 Å². The van der Waals surface area contributed by atoms with E-state index >= 15 is 0 Å². The Morgan fingerprint density at radius 1 is 1.48 bits per heavy atom. The molecule has 1 aromatic rings. The monoisotopic (exact) mass is 292 g/mol. The summed E-state index contributed by atoms with van der Waals surface area (Å²) >= 11 is 0. The zero-order valence-electron chi connectivity index (χ0n) is 12.9. The van der Waals surface area contributed by atoms with Gasteiger partial charge in [-0.2, -0.15) is 0 Å². The molecular formula is C16H24N2O3. The predicted octanol–water partition coefficient (Wildman–Crippen LogP) is 0.809. The molecule has 0 aliphatic carbocycles. The van der Waals surface area contributed by atoms with E-state index in [1.807, 2.05) is 31.3 Å². The van der Waals surface area contributed by atoms with Crippen LogP contribution >= 0.6 is 0 Å². The highest BCUT2D eigenvalue weighted by atomic mass is 16.5. The molecule has 0 aromatic heterocycles. The summed E-state index contributed by atoms with van der Waals surface area (Å²) < 4.78 is 5.77. The molecule has 0 radical (unpaired) electrons. The van der Waals surface area contributed by atoms with E-state index in [4.69, 9.17) is 4.74 Å². The van der Waals surface area contributed by atoms with Crippen molar-refractivity contribution in [1.29, 1.82) is 0 Å². The van der Waals surface area contributed by atoms with E-state index in [0.29, 0.717) is 13.1 Å². The Balaban J connectivity index is 1.71. The van der Waals surface area contributed by atoms with Crippen molar-refractivity contribution in [3.05, 3.63) is 29.8 Å². The van der Waals surface area contributed by atoms with Crippen LogP contribution in [0.3, 0.4) is 0 Å². The van der Waals surface area contributed by atoms with Crippen LogP contribution < -0.4 is 10.1 Å². The van der Waals surface area contributed by atoms with E-state index in [-0.39, 0.29) is 18.6 Å². The number of para-hydroxylation sites is 1. The molecule has 0 bridgehead atoms. The van der Waals surface area contributed by atoms with Crippen molar-refractivity contribution in [2.45, 2.75) is 32.0 Å². The van der Waals surface area contributed by atoms with Crippen LogP contribution in [0.5, 0.6) is 5.75 Å². The molecule has 5 nitrogen and oxygen atoms in total. The van der Waals surface area contributed by atoms with Crippen LogP contribution in [-0.2, 0) is 11.2 Å². The Kier molecular flexibility index (Phi) is 4.85. The highest BCUT2D eigenvalue weighted by Crippen LogP contribution is 2.27. The quantitative estimate of drug-likeness (QED) is 0.814. The van der Waals surface area contributed by atoms with Gasteiger partial charge in [-0.1, -0.05) is 18.2 Å². The lowest BCUT2D eigenvalue weighted by molar-refractivity contribution is -0.122. The number of amides is 1. The first-order valence-electron chi connectivity index (χ1n) is 7.26. The molecule has 1 unspecified atom stereocenters. The molecule has 1 heterocycles. The summed E-state index contributed by atoms with van der Waals surface area (Å²) in [5.41, 5.74) is 0.390. The van der Waals surface area contributed by atoms with E-state index in [1.54, 1.807) is 18.7 Å². The second kappa shape index (κ2) is 6.45. The van der Waals surface area contributed by atoms with Gasteiger partial charge in [0, 0.05) is 13.0 Å². The van der Waals surface area contributed by atoms with Gasteiger partial charge in [0.1, 0.15) is 11.9 Å². The molecule has 1 atom stereocenters. The van der Waals surface area contributed by atoms with Crippen molar-refractivity contribution in [2.75, 3.05) is 26.7 Å². The van der Waals surface area contributed by atoms with E-state index < -0.39 is 5.60 Å². The van der Waals surface area contributed by atoms with E-state index in [1.165, 1.54) is 5.56 Å². The molecule has 2 N–H and O–H groups in total. The molecule has 1 amide bonds. The maximum atomic E-state index is 11.9. The topological polar surface area (TPSA) is 61.8 Å². The van der Waals surface area contributed by atoms with Crippen molar-refractivity contribution < 1.29 is 14.6 Å². The Hall–Kier alpha value is -1.59. The molecule has 0 spiro atoms. The minimum absolute atomic E-state index is 0.00550. The van der Waals surface area contributed by atoms with Crippen LogP contribution in [-0.4, -0.2) is 54.3 Å². The van der Waals surface area contributed by atoms with Gasteiger partial charge in [-0.15, -0.1) is 0 Å². The number of aliphatic hydroxyl groups is 1. The first-order chi connectivity index (χ1) is 9.83. The highest BCUT2D eigenvalue weighted by Gasteiger charge is 2.23. The standard InChI is InChI=1S/C16H24N2O3/c1-16(2,20)11-18(3)10-15(19)17-9-13-8-12-6-4-5-7-14(12)21-13/h4-7,13,20H,8-11H2,1-3H3,(H,17,19). The van der Waals surface area contributed by atoms with Gasteiger partial charge in [-0.05, 0) is 32.5 Å². The largest absolute Gasteiger partial charge is 0.488 e. The zero-order valence-corrected chi connectivity index (χ0v) is 12.9. The second-order valence-electron chi connectivity index (χ2n) is 6.34. The van der Waals surface area contributed by atoms with E-state index in [9.17, 15) is 9.90 Å². The molecule has 0 fully saturated rings. The van der Waals surface area contributed by atoms with E-state index in [0.717, 1.165) is 12.2 Å². The lowest BCUT2D eigenvalue weighted by atomic mass is 10.1. The minimum Gasteiger partial charge on any atom is -0.488 e. The number of carbonyl (C=O) groups is 1. The summed E-state index contributed by atoms with van der Waals surface area (Å²) in [6, 6.07) is 7.95. The molecule has 1 aliphatic rings. The van der Waals surface area contributed by atoms with Gasteiger partial charge in [0.25, 0.3) is 0 Å². The number of nitrogens with zero attached hydrogens (tertiary/aromatic N) is 1. The summed E-state index contributed by atoms with van der Waals surface area (Å²) in [6.45, 7) is 4.68. The fraction of sp³-hybridized carbons (Fsp3) is 0.562. The molecule has 116 valence electrons. The van der Waals surface area contributed by atoms with Crippen LogP contribution in [0.25, 0.3) is 0 Å². The van der Waals surface area contributed by atoms with Crippen molar-refractivity contribution in [1.82, 2.24) is 10.2 Å². The lowest BCUT2D eigenvalue weighted by Crippen LogP contribution is -2.44. The van der Waals surface area contributed by atoms with Crippen molar-refractivity contribution in [3.8, 4) is 5.75 Å². The summed E-state index contributed by atoms with van der Waals surface area (Å²) in [5.74, 6) is 0.859. The first kappa shape index (κ1) is 15.8. The minimum atomic E-state index is -0.800. The molecule has 1 aliphatic heterocycles. The smallest absolute Gasteiger partial charge is 0.234 e. The molecular weight excluding hydrogens is 268 g/mol. The number of nitrogens with one attached hydrogen (secondary N) is 1. The van der Waals surface area contributed by atoms with Crippen LogP contribution in [0.4, 0.5) is 0 Å². The average molecular weight is 292 g/mol. The van der Waals surface area contributed by atoms with Gasteiger partial charge in [-0.3, -0.25) is 9.69 Å². The average Bonchev–Trinajstić information content (AvgIpc) is 2.76. The third-order valence-electron chi connectivity index (χ3n) is 3.31. The molecule has 1 aromatic carbocycles. The van der Waals surface area contributed by atoms with Gasteiger partial charge in [-0.25, -0.2) is 0 Å². The van der Waals surface area contributed by atoms with Crippen LogP contribution in [0, 0.1) is 0 Å². The SMILES string of the molecule is CN(CC(=O)NCC1Cc2ccccc2O1)CC(C)(C)O. The van der Waals surface area contributed by atoms with Gasteiger partial charge < -0.3 is 15.2 Å². The number of rotatable bonds is 6. The first-order valence-corrected chi connectivity index (χ1v) is 7.26. The molecule has 5 heteroatoms. The number of hydrogen-bond acceptors (Lipinski definition) is 4. The maximum Gasteiger partial charge on any atom is 0.234 e. The molecule has 2 rings (SSSR count). The number of benzene rings is 1. The Labute approximate surface area is 125 Å². The summed E-state index contributed by atoms with van der Waals surface area (Å²) in [5, 5.41) is 12.6. The molecule has 0 saturated heterocycles. The van der Waals surface area contributed by atoms with Gasteiger partial charge in [0.2, 0.25) is 5.91 Å².